The highest BCUT2D eigenvalue weighted by Crippen LogP contribution is 2.32. The van der Waals surface area contributed by atoms with Crippen molar-refractivity contribution < 1.29 is 9.59 Å². The minimum absolute atomic E-state index is 0.0536. The van der Waals surface area contributed by atoms with Gasteiger partial charge >= 0.3 is 0 Å². The maximum Gasteiger partial charge on any atom is 0.257 e. The van der Waals surface area contributed by atoms with Crippen LogP contribution < -0.4 is 4.90 Å². The van der Waals surface area contributed by atoms with Crippen LogP contribution in [0.5, 0.6) is 0 Å². The number of anilines is 1. The lowest BCUT2D eigenvalue weighted by molar-refractivity contribution is -0.121. The summed E-state index contributed by atoms with van der Waals surface area (Å²) in [4.78, 5) is 29.2. The second-order valence-corrected chi connectivity index (χ2v) is 7.07. The van der Waals surface area contributed by atoms with Crippen LogP contribution in [0.3, 0.4) is 0 Å². The molecule has 6 nitrogen and oxygen atoms in total. The number of hydrogen-bond acceptors (Lipinski definition) is 3. The second kappa shape index (κ2) is 7.31. The summed E-state index contributed by atoms with van der Waals surface area (Å²) in [6, 6.07) is 17.8. The molecule has 1 unspecified atom stereocenters. The van der Waals surface area contributed by atoms with Crippen LogP contribution in [0.25, 0.3) is 11.1 Å². The number of benzene rings is 2. The molecule has 28 heavy (non-hydrogen) atoms. The maximum atomic E-state index is 13.0. The van der Waals surface area contributed by atoms with Crippen LogP contribution in [0.1, 0.15) is 17.3 Å². The largest absolute Gasteiger partial charge is 0.325 e. The van der Waals surface area contributed by atoms with Gasteiger partial charge in [-0.05, 0) is 18.6 Å². The van der Waals surface area contributed by atoms with Crippen LogP contribution in [0.2, 0.25) is 0 Å². The zero-order valence-corrected chi connectivity index (χ0v) is 15.9. The Labute approximate surface area is 164 Å². The lowest BCUT2D eigenvalue weighted by Gasteiger charge is -2.39. The molecule has 6 heteroatoms. The molecule has 0 saturated carbocycles. The maximum absolute atomic E-state index is 13.0. The van der Waals surface area contributed by atoms with Gasteiger partial charge in [0, 0.05) is 31.4 Å². The average molecular weight is 374 g/mol. The number of aromatic nitrogens is 2. The molecule has 2 heterocycles. The third-order valence-electron chi connectivity index (χ3n) is 5.08. The summed E-state index contributed by atoms with van der Waals surface area (Å²) in [5, 5.41) is 4.06. The molecule has 0 aliphatic carbocycles. The molecule has 3 aromatic rings. The predicted octanol–water partition coefficient (Wildman–Crippen LogP) is 2.96. The number of piperazine rings is 1. The lowest BCUT2D eigenvalue weighted by Crippen LogP contribution is -2.57. The van der Waals surface area contributed by atoms with Crippen molar-refractivity contribution in [3.63, 3.8) is 0 Å². The topological polar surface area (TPSA) is 58.4 Å². The average Bonchev–Trinajstić information content (AvgIpc) is 3.16. The highest BCUT2D eigenvalue weighted by molar-refractivity contribution is 6.03. The van der Waals surface area contributed by atoms with Crippen molar-refractivity contribution in [1.29, 1.82) is 0 Å². The molecule has 142 valence electrons. The Morgan fingerprint density at radius 2 is 1.79 bits per heavy atom. The number of nitrogens with zero attached hydrogens (tertiary/aromatic N) is 4. The van der Waals surface area contributed by atoms with E-state index in [9.17, 15) is 9.59 Å². The van der Waals surface area contributed by atoms with Crippen LogP contribution in [0, 0.1) is 0 Å². The molecule has 1 atom stereocenters. The van der Waals surface area contributed by atoms with Gasteiger partial charge in [-0.15, -0.1) is 0 Å². The van der Waals surface area contributed by atoms with E-state index in [1.54, 1.807) is 27.7 Å². The van der Waals surface area contributed by atoms with Gasteiger partial charge in [-0.1, -0.05) is 48.5 Å². The van der Waals surface area contributed by atoms with Gasteiger partial charge in [0.2, 0.25) is 5.91 Å². The second-order valence-electron chi connectivity index (χ2n) is 7.07. The van der Waals surface area contributed by atoms with Crippen molar-refractivity contribution >= 4 is 17.5 Å². The molecule has 0 bridgehead atoms. The molecule has 1 saturated heterocycles. The molecule has 1 aromatic heterocycles. The van der Waals surface area contributed by atoms with Crippen LogP contribution in [-0.4, -0.2) is 45.6 Å². The number of carbonyl (C=O) groups is 2. The molecular formula is C22H22N4O2. The van der Waals surface area contributed by atoms with Gasteiger partial charge in [-0.3, -0.25) is 14.3 Å². The predicted molar refractivity (Wildman–Crippen MR) is 108 cm³/mol. The number of aryl methyl sites for hydroxylation is 1. The first-order valence-corrected chi connectivity index (χ1v) is 9.29. The highest BCUT2D eigenvalue weighted by Gasteiger charge is 2.34. The van der Waals surface area contributed by atoms with Crippen LogP contribution in [0.4, 0.5) is 5.69 Å². The van der Waals surface area contributed by atoms with Crippen molar-refractivity contribution in [1.82, 2.24) is 14.7 Å². The van der Waals surface area contributed by atoms with Gasteiger partial charge in [0.1, 0.15) is 6.54 Å². The zero-order chi connectivity index (χ0) is 19.7. The fourth-order valence-electron chi connectivity index (χ4n) is 3.62. The van der Waals surface area contributed by atoms with Gasteiger partial charge in [0.05, 0.1) is 17.4 Å². The van der Waals surface area contributed by atoms with Crippen molar-refractivity contribution in [3.8, 4) is 11.1 Å². The van der Waals surface area contributed by atoms with Gasteiger partial charge in [-0.25, -0.2) is 0 Å². The molecule has 1 aliphatic heterocycles. The Balaban J connectivity index is 1.61. The Morgan fingerprint density at radius 1 is 1.07 bits per heavy atom. The van der Waals surface area contributed by atoms with Crippen LogP contribution in [-0.2, 0) is 11.8 Å². The zero-order valence-electron chi connectivity index (χ0n) is 15.9. The summed E-state index contributed by atoms with van der Waals surface area (Å²) in [6.07, 6.45) is 3.22. The van der Waals surface area contributed by atoms with Gasteiger partial charge in [0.15, 0.2) is 0 Å². The molecular weight excluding hydrogens is 352 g/mol. The minimum atomic E-state index is -0.162. The molecule has 4 rings (SSSR count). The number of carbonyl (C=O) groups excluding carboxylic acids is 2. The highest BCUT2D eigenvalue weighted by atomic mass is 16.2. The van der Waals surface area contributed by atoms with Gasteiger partial charge in [0.25, 0.3) is 5.91 Å². The fraction of sp³-hybridized carbons (Fsp3) is 0.227. The quantitative estimate of drug-likeness (QED) is 0.708. The number of amides is 2. The lowest BCUT2D eigenvalue weighted by atomic mass is 10.0. The van der Waals surface area contributed by atoms with Gasteiger partial charge < -0.3 is 9.80 Å². The van der Waals surface area contributed by atoms with Crippen LogP contribution in [0.15, 0.2) is 67.0 Å². The molecule has 2 aromatic carbocycles. The first-order chi connectivity index (χ1) is 13.5. The van der Waals surface area contributed by atoms with E-state index in [-0.39, 0.29) is 24.4 Å². The van der Waals surface area contributed by atoms with Crippen molar-refractivity contribution in [2.75, 3.05) is 18.0 Å². The van der Waals surface area contributed by atoms with E-state index >= 15 is 0 Å². The van der Waals surface area contributed by atoms with E-state index in [2.05, 4.69) is 5.10 Å². The summed E-state index contributed by atoms with van der Waals surface area (Å²) in [5.74, 6) is -0.247. The molecule has 0 radical (unpaired) electrons. The van der Waals surface area contributed by atoms with Gasteiger partial charge in [-0.2, -0.15) is 5.10 Å². The Kier molecular flexibility index (Phi) is 4.69. The molecule has 2 amide bonds. The van der Waals surface area contributed by atoms with E-state index in [1.165, 1.54) is 6.20 Å². The number of hydrogen-bond donors (Lipinski definition) is 0. The fourth-order valence-corrected chi connectivity index (χ4v) is 3.62. The first kappa shape index (κ1) is 18.0. The Hall–Kier alpha value is -3.41. The van der Waals surface area contributed by atoms with E-state index in [0.717, 1.165) is 16.8 Å². The van der Waals surface area contributed by atoms with Crippen molar-refractivity contribution in [2.24, 2.45) is 7.05 Å². The summed E-state index contributed by atoms with van der Waals surface area (Å²) < 4.78 is 1.59. The third-order valence-corrected chi connectivity index (χ3v) is 5.08. The smallest absolute Gasteiger partial charge is 0.257 e. The number of rotatable bonds is 3. The minimum Gasteiger partial charge on any atom is -0.325 e. The monoisotopic (exact) mass is 374 g/mol. The van der Waals surface area contributed by atoms with E-state index in [0.29, 0.717) is 12.1 Å². The summed E-state index contributed by atoms with van der Waals surface area (Å²) >= 11 is 0. The Bertz CT molecular complexity index is 1010. The van der Waals surface area contributed by atoms with E-state index in [1.807, 2.05) is 61.5 Å². The van der Waals surface area contributed by atoms with Crippen molar-refractivity contribution in [3.05, 3.63) is 72.6 Å². The summed E-state index contributed by atoms with van der Waals surface area (Å²) in [7, 11) is 1.77. The van der Waals surface area contributed by atoms with E-state index < -0.39 is 0 Å². The van der Waals surface area contributed by atoms with E-state index in [4.69, 9.17) is 0 Å². The van der Waals surface area contributed by atoms with Crippen LogP contribution >= 0.6 is 0 Å². The Morgan fingerprint density at radius 3 is 2.50 bits per heavy atom. The molecule has 0 N–H and O–H groups in total. The number of para-hydroxylation sites is 1. The standard InChI is InChI=1S/C22H22N4O2/c1-16-13-26(20-11-7-6-10-19(20)17-8-4-3-5-9-17)21(27)15-25(16)22(28)18-12-23-24(2)14-18/h3-12,14,16H,13,15H2,1-2H3. The first-order valence-electron chi connectivity index (χ1n) is 9.29. The summed E-state index contributed by atoms with van der Waals surface area (Å²) in [5.41, 5.74) is 3.45. The summed E-state index contributed by atoms with van der Waals surface area (Å²) in [6.45, 7) is 2.48. The normalized spacial score (nSPS) is 17.1. The molecule has 1 fully saturated rings. The molecule has 1 aliphatic rings. The third kappa shape index (κ3) is 3.29. The molecule has 0 spiro atoms. The SMILES string of the molecule is CC1CN(c2ccccc2-c2ccccc2)C(=O)CN1C(=O)c1cnn(C)c1. The van der Waals surface area contributed by atoms with Crippen molar-refractivity contribution in [2.45, 2.75) is 13.0 Å².